The van der Waals surface area contributed by atoms with Gasteiger partial charge in [0.2, 0.25) is 0 Å². The standard InChI is InChI=1S/C18H21N5O3S2/c1-3-23-16(21-22-18(23)27)6-7-19-17(24)12-4-5-14(15(8-12)25-2)26-9-13-10-28-11-20-13/h4-5,8,10-11H,3,6-7,9H2,1-2H3,(H,19,24)(H,22,27). The molecule has 0 saturated heterocycles. The number of amides is 1. The van der Waals surface area contributed by atoms with Crippen molar-refractivity contribution in [3.63, 3.8) is 0 Å². The molecule has 2 N–H and O–H groups in total. The average molecular weight is 420 g/mol. The van der Waals surface area contributed by atoms with Crippen molar-refractivity contribution in [2.75, 3.05) is 13.7 Å². The van der Waals surface area contributed by atoms with Crippen LogP contribution in [0.5, 0.6) is 11.5 Å². The Labute approximate surface area is 171 Å². The smallest absolute Gasteiger partial charge is 0.251 e. The summed E-state index contributed by atoms with van der Waals surface area (Å²) >= 11 is 6.68. The maximum atomic E-state index is 12.4. The molecule has 8 nitrogen and oxygen atoms in total. The Kier molecular flexibility index (Phi) is 6.77. The largest absolute Gasteiger partial charge is 0.493 e. The summed E-state index contributed by atoms with van der Waals surface area (Å²) in [7, 11) is 1.54. The molecule has 1 aromatic carbocycles. The number of H-pyrrole nitrogens is 1. The average Bonchev–Trinajstić information content (AvgIpc) is 3.35. The molecule has 0 aliphatic rings. The van der Waals surface area contributed by atoms with Crippen LogP contribution in [0.1, 0.15) is 28.8 Å². The predicted octanol–water partition coefficient (Wildman–Crippen LogP) is 2.98. The first kappa shape index (κ1) is 20.0. The summed E-state index contributed by atoms with van der Waals surface area (Å²) in [5, 5.41) is 11.8. The molecular weight excluding hydrogens is 398 g/mol. The molecule has 28 heavy (non-hydrogen) atoms. The van der Waals surface area contributed by atoms with Gasteiger partial charge in [-0.1, -0.05) is 0 Å². The first-order valence-electron chi connectivity index (χ1n) is 8.72. The quantitative estimate of drug-likeness (QED) is 0.518. The van der Waals surface area contributed by atoms with E-state index in [9.17, 15) is 4.79 Å². The van der Waals surface area contributed by atoms with Crippen molar-refractivity contribution < 1.29 is 14.3 Å². The number of rotatable bonds is 9. The maximum absolute atomic E-state index is 12.4. The lowest BCUT2D eigenvalue weighted by Crippen LogP contribution is -2.26. The van der Waals surface area contributed by atoms with Gasteiger partial charge in [-0.25, -0.2) is 4.98 Å². The van der Waals surface area contributed by atoms with E-state index in [4.69, 9.17) is 21.7 Å². The minimum absolute atomic E-state index is 0.193. The summed E-state index contributed by atoms with van der Waals surface area (Å²) in [5.41, 5.74) is 3.09. The second-order valence-corrected chi connectivity index (χ2v) is 6.93. The molecule has 2 heterocycles. The molecular formula is C18H21N5O3S2. The summed E-state index contributed by atoms with van der Waals surface area (Å²) in [6.45, 7) is 3.52. The lowest BCUT2D eigenvalue weighted by Gasteiger charge is -2.12. The predicted molar refractivity (Wildman–Crippen MR) is 109 cm³/mol. The Morgan fingerprint density at radius 1 is 1.39 bits per heavy atom. The molecule has 2 aromatic heterocycles. The van der Waals surface area contributed by atoms with Crippen LogP contribution in [0.4, 0.5) is 0 Å². The van der Waals surface area contributed by atoms with E-state index in [1.807, 2.05) is 16.9 Å². The second kappa shape index (κ2) is 9.47. The molecule has 1 amide bonds. The lowest BCUT2D eigenvalue weighted by atomic mass is 10.2. The molecule has 0 unspecified atom stereocenters. The topological polar surface area (TPSA) is 94.1 Å². The highest BCUT2D eigenvalue weighted by atomic mass is 32.1. The highest BCUT2D eigenvalue weighted by Gasteiger charge is 2.12. The molecule has 0 bridgehead atoms. The van der Waals surface area contributed by atoms with Gasteiger partial charge in [-0.15, -0.1) is 11.3 Å². The summed E-state index contributed by atoms with van der Waals surface area (Å²) in [6.07, 6.45) is 0.582. The minimum atomic E-state index is -0.193. The number of carbonyl (C=O) groups is 1. The van der Waals surface area contributed by atoms with Gasteiger partial charge in [0.05, 0.1) is 18.3 Å². The first-order valence-corrected chi connectivity index (χ1v) is 10.1. The van der Waals surface area contributed by atoms with Crippen LogP contribution in [0.3, 0.4) is 0 Å². The zero-order chi connectivity index (χ0) is 19.9. The van der Waals surface area contributed by atoms with Crippen molar-refractivity contribution in [2.45, 2.75) is 26.5 Å². The number of thiazole rings is 1. The van der Waals surface area contributed by atoms with E-state index < -0.39 is 0 Å². The lowest BCUT2D eigenvalue weighted by molar-refractivity contribution is 0.0953. The molecule has 0 saturated carbocycles. The summed E-state index contributed by atoms with van der Waals surface area (Å²) in [5.74, 6) is 1.68. The number of aromatic amines is 1. The van der Waals surface area contributed by atoms with Crippen molar-refractivity contribution in [3.05, 3.63) is 50.9 Å². The SMILES string of the molecule is CCn1c(CCNC(=O)c2ccc(OCc3cscn3)c(OC)c2)n[nH]c1=S. The number of hydrogen-bond acceptors (Lipinski definition) is 7. The molecule has 148 valence electrons. The van der Waals surface area contributed by atoms with Gasteiger partial charge in [0.15, 0.2) is 16.3 Å². The molecule has 3 rings (SSSR count). The van der Waals surface area contributed by atoms with Crippen molar-refractivity contribution >= 4 is 29.5 Å². The number of carbonyl (C=O) groups excluding carboxylic acids is 1. The monoisotopic (exact) mass is 419 g/mol. The molecule has 3 aromatic rings. The van der Waals surface area contributed by atoms with Gasteiger partial charge in [0, 0.05) is 30.5 Å². The van der Waals surface area contributed by atoms with E-state index in [-0.39, 0.29) is 5.91 Å². The number of aromatic nitrogens is 4. The van der Waals surface area contributed by atoms with Gasteiger partial charge in [-0.3, -0.25) is 9.89 Å². The van der Waals surface area contributed by atoms with Gasteiger partial charge in [0.1, 0.15) is 12.4 Å². The van der Waals surface area contributed by atoms with Crippen LogP contribution < -0.4 is 14.8 Å². The number of benzene rings is 1. The molecule has 0 fully saturated rings. The number of nitrogens with zero attached hydrogens (tertiary/aromatic N) is 3. The van der Waals surface area contributed by atoms with E-state index in [2.05, 4.69) is 20.5 Å². The Morgan fingerprint density at radius 3 is 2.96 bits per heavy atom. The maximum Gasteiger partial charge on any atom is 0.251 e. The van der Waals surface area contributed by atoms with Crippen molar-refractivity contribution in [2.24, 2.45) is 0 Å². The van der Waals surface area contributed by atoms with Gasteiger partial charge in [-0.05, 0) is 37.3 Å². The fourth-order valence-corrected chi connectivity index (χ4v) is 3.47. The van der Waals surface area contributed by atoms with Crippen LogP contribution in [0.15, 0.2) is 29.1 Å². The first-order chi connectivity index (χ1) is 13.6. The number of nitrogens with one attached hydrogen (secondary N) is 2. The molecule has 0 radical (unpaired) electrons. The Bertz CT molecular complexity index is 982. The highest BCUT2D eigenvalue weighted by molar-refractivity contribution is 7.71. The van der Waals surface area contributed by atoms with Gasteiger partial charge in [0.25, 0.3) is 5.91 Å². The summed E-state index contributed by atoms with van der Waals surface area (Å²) < 4.78 is 13.6. The van der Waals surface area contributed by atoms with Crippen LogP contribution >= 0.6 is 23.6 Å². The van der Waals surface area contributed by atoms with Crippen LogP contribution in [0.25, 0.3) is 0 Å². The van der Waals surface area contributed by atoms with E-state index in [1.165, 1.54) is 11.3 Å². The molecule has 0 aliphatic carbocycles. The third-order valence-electron chi connectivity index (χ3n) is 4.07. The van der Waals surface area contributed by atoms with E-state index >= 15 is 0 Å². The van der Waals surface area contributed by atoms with Crippen molar-refractivity contribution in [1.29, 1.82) is 0 Å². The highest BCUT2D eigenvalue weighted by Crippen LogP contribution is 2.28. The van der Waals surface area contributed by atoms with E-state index in [0.29, 0.717) is 41.4 Å². The second-order valence-electron chi connectivity index (χ2n) is 5.83. The van der Waals surface area contributed by atoms with Gasteiger partial charge in [-0.2, -0.15) is 5.10 Å². The Balaban J connectivity index is 1.59. The molecule has 0 spiro atoms. The fourth-order valence-electron chi connectivity index (χ4n) is 2.65. The summed E-state index contributed by atoms with van der Waals surface area (Å²) in [6, 6.07) is 5.09. The number of hydrogen-bond donors (Lipinski definition) is 2. The van der Waals surface area contributed by atoms with Crippen LogP contribution in [0, 0.1) is 4.77 Å². The zero-order valence-electron chi connectivity index (χ0n) is 15.6. The Morgan fingerprint density at radius 2 is 2.25 bits per heavy atom. The minimum Gasteiger partial charge on any atom is -0.493 e. The van der Waals surface area contributed by atoms with Gasteiger partial charge >= 0.3 is 0 Å². The third kappa shape index (κ3) is 4.76. The van der Waals surface area contributed by atoms with E-state index in [1.54, 1.807) is 30.8 Å². The van der Waals surface area contributed by atoms with Gasteiger partial charge < -0.3 is 19.4 Å². The van der Waals surface area contributed by atoms with Crippen LogP contribution in [-0.2, 0) is 19.6 Å². The zero-order valence-corrected chi connectivity index (χ0v) is 17.2. The third-order valence-corrected chi connectivity index (χ3v) is 5.02. The number of methoxy groups -OCH3 is 1. The van der Waals surface area contributed by atoms with Crippen LogP contribution in [-0.4, -0.2) is 39.3 Å². The molecule has 0 aliphatic heterocycles. The normalized spacial score (nSPS) is 10.6. The fraction of sp³-hybridized carbons (Fsp3) is 0.333. The van der Waals surface area contributed by atoms with Crippen LogP contribution in [0.2, 0.25) is 0 Å². The van der Waals surface area contributed by atoms with E-state index in [0.717, 1.165) is 18.1 Å². The van der Waals surface area contributed by atoms with Crippen molar-refractivity contribution in [3.8, 4) is 11.5 Å². The van der Waals surface area contributed by atoms with Crippen molar-refractivity contribution in [1.82, 2.24) is 25.1 Å². The molecule has 0 atom stereocenters. The summed E-state index contributed by atoms with van der Waals surface area (Å²) in [4.78, 5) is 16.6. The number of ether oxygens (including phenoxy) is 2. The molecule has 10 heteroatoms. The Hall–Kier alpha value is -2.72.